The molecule has 0 fully saturated rings. The van der Waals surface area contributed by atoms with E-state index in [1.807, 2.05) is 0 Å². The predicted molar refractivity (Wildman–Crippen MR) is 151 cm³/mol. The van der Waals surface area contributed by atoms with Crippen molar-refractivity contribution < 1.29 is 40.8 Å². The van der Waals surface area contributed by atoms with Crippen molar-refractivity contribution in [2.45, 2.75) is 110 Å². The smallest absolute Gasteiger partial charge is 0.379 e. The van der Waals surface area contributed by atoms with Crippen molar-refractivity contribution in [1.82, 2.24) is 0 Å². The van der Waals surface area contributed by atoms with E-state index in [1.165, 1.54) is 96.3 Å². The van der Waals surface area contributed by atoms with Gasteiger partial charge in [-0.25, -0.2) is 4.18 Å². The average Bonchev–Trinajstić information content (AvgIpc) is 2.88. The molecule has 0 spiro atoms. The monoisotopic (exact) mass is 570 g/mol. The van der Waals surface area contributed by atoms with Crippen molar-refractivity contribution >= 4 is 10.4 Å². The van der Waals surface area contributed by atoms with E-state index in [1.54, 1.807) is 0 Å². The van der Waals surface area contributed by atoms with Crippen LogP contribution in [0, 0.1) is 0 Å². The van der Waals surface area contributed by atoms with E-state index in [0.717, 1.165) is 13.0 Å². The summed E-state index contributed by atoms with van der Waals surface area (Å²) in [6, 6.07) is 0. The molecule has 0 aromatic carbocycles. The highest BCUT2D eigenvalue weighted by atomic mass is 32.3. The number of rotatable bonds is 33. The lowest BCUT2D eigenvalue weighted by Gasteiger charge is -2.08. The van der Waals surface area contributed by atoms with Crippen molar-refractivity contribution in [3.05, 3.63) is 0 Å². The second kappa shape index (κ2) is 31.2. The normalized spacial score (nSPS) is 11.9. The summed E-state index contributed by atoms with van der Waals surface area (Å²) in [4.78, 5) is 0. The third kappa shape index (κ3) is 35.7. The van der Waals surface area contributed by atoms with E-state index in [9.17, 15) is 8.42 Å². The fourth-order valence-electron chi connectivity index (χ4n) is 3.93. The molecule has 10 heteroatoms. The van der Waals surface area contributed by atoms with Gasteiger partial charge in [0.1, 0.15) is 0 Å². The zero-order chi connectivity index (χ0) is 27.8. The van der Waals surface area contributed by atoms with Crippen molar-refractivity contribution in [2.75, 3.05) is 72.7 Å². The summed E-state index contributed by atoms with van der Waals surface area (Å²) in [5, 5.41) is 0. The molecule has 0 saturated carbocycles. The van der Waals surface area contributed by atoms with E-state index in [-0.39, 0.29) is 13.2 Å². The standard InChI is InChI=1S/C28H58O9S/c1-2-3-4-5-6-7-8-9-10-11-12-13-14-15-16-17-18-32-19-20-33-21-22-34-23-24-35-25-26-36-27-28-37-38(29,30)31/h2-28H2,1H3,(H,29,30,31). The van der Waals surface area contributed by atoms with Gasteiger partial charge in [0.25, 0.3) is 0 Å². The summed E-state index contributed by atoms with van der Waals surface area (Å²) in [6.45, 7) is 6.72. The van der Waals surface area contributed by atoms with Gasteiger partial charge >= 0.3 is 10.4 Å². The van der Waals surface area contributed by atoms with Crippen molar-refractivity contribution in [3.63, 3.8) is 0 Å². The first-order valence-corrected chi connectivity index (χ1v) is 16.4. The molecule has 0 atom stereocenters. The van der Waals surface area contributed by atoms with Gasteiger partial charge in [-0.05, 0) is 6.42 Å². The number of hydrogen-bond acceptors (Lipinski definition) is 8. The van der Waals surface area contributed by atoms with Crippen LogP contribution in [-0.4, -0.2) is 85.6 Å². The van der Waals surface area contributed by atoms with Crippen molar-refractivity contribution in [2.24, 2.45) is 0 Å². The highest BCUT2D eigenvalue weighted by Crippen LogP contribution is 2.13. The second-order valence-corrected chi connectivity index (χ2v) is 10.7. The minimum atomic E-state index is -4.40. The van der Waals surface area contributed by atoms with Crippen LogP contribution >= 0.6 is 0 Å². The van der Waals surface area contributed by atoms with Crippen LogP contribution < -0.4 is 0 Å². The third-order valence-corrected chi connectivity index (χ3v) is 6.55. The molecule has 9 nitrogen and oxygen atoms in total. The summed E-state index contributed by atoms with van der Waals surface area (Å²) in [7, 11) is -4.40. The fourth-order valence-corrected chi connectivity index (χ4v) is 4.21. The zero-order valence-electron chi connectivity index (χ0n) is 24.2. The minimum absolute atomic E-state index is 0.0558. The lowest BCUT2D eigenvalue weighted by atomic mass is 10.0. The largest absolute Gasteiger partial charge is 0.397 e. The van der Waals surface area contributed by atoms with Gasteiger partial charge in [0, 0.05) is 6.61 Å². The van der Waals surface area contributed by atoms with E-state index in [2.05, 4.69) is 11.1 Å². The molecule has 0 heterocycles. The average molecular weight is 571 g/mol. The van der Waals surface area contributed by atoms with Crippen LogP contribution in [0.4, 0.5) is 0 Å². The number of hydrogen-bond donors (Lipinski definition) is 1. The van der Waals surface area contributed by atoms with E-state index in [0.29, 0.717) is 52.9 Å². The first kappa shape index (κ1) is 37.7. The molecule has 0 aliphatic heterocycles. The second-order valence-electron chi connectivity index (χ2n) is 9.61. The van der Waals surface area contributed by atoms with Crippen molar-refractivity contribution in [1.29, 1.82) is 0 Å². The van der Waals surface area contributed by atoms with Crippen LogP contribution in [0.5, 0.6) is 0 Å². The molecule has 0 radical (unpaired) electrons. The molecule has 0 rings (SSSR count). The Bertz CT molecular complexity index is 546. The van der Waals surface area contributed by atoms with Crippen molar-refractivity contribution in [3.8, 4) is 0 Å². The summed E-state index contributed by atoms with van der Waals surface area (Å²) < 4.78 is 60.1. The summed E-state index contributed by atoms with van der Waals surface area (Å²) in [6.07, 6.45) is 22.0. The van der Waals surface area contributed by atoms with Crippen LogP contribution in [0.2, 0.25) is 0 Å². The lowest BCUT2D eigenvalue weighted by Crippen LogP contribution is -2.14. The zero-order valence-corrected chi connectivity index (χ0v) is 25.0. The Hall–Kier alpha value is -0.330. The molecular weight excluding hydrogens is 512 g/mol. The van der Waals surface area contributed by atoms with E-state index in [4.69, 9.17) is 28.2 Å². The van der Waals surface area contributed by atoms with Gasteiger partial charge in [0.05, 0.1) is 66.1 Å². The van der Waals surface area contributed by atoms with Gasteiger partial charge in [-0.15, -0.1) is 0 Å². The first-order chi connectivity index (χ1) is 18.6. The Morgan fingerprint density at radius 1 is 0.395 bits per heavy atom. The molecule has 0 aliphatic carbocycles. The Balaban J connectivity index is 3.05. The summed E-state index contributed by atoms with van der Waals surface area (Å²) in [5.41, 5.74) is 0. The van der Waals surface area contributed by atoms with Gasteiger partial charge in [0.2, 0.25) is 0 Å². The van der Waals surface area contributed by atoms with Gasteiger partial charge in [-0.3, -0.25) is 4.55 Å². The maximum atomic E-state index is 10.3. The molecule has 0 unspecified atom stereocenters. The predicted octanol–water partition coefficient (Wildman–Crippen LogP) is 6.15. The topological polar surface area (TPSA) is 110 Å². The number of ether oxygens (including phenoxy) is 5. The van der Waals surface area contributed by atoms with Crippen LogP contribution in [0.3, 0.4) is 0 Å². The molecule has 230 valence electrons. The SMILES string of the molecule is CCCCCCCCCCCCCCCCCCOCCOCCOCCOCCOCCOS(=O)(=O)O. The third-order valence-electron chi connectivity index (χ3n) is 6.09. The van der Waals surface area contributed by atoms with E-state index >= 15 is 0 Å². The van der Waals surface area contributed by atoms with Crippen LogP contribution in [0.1, 0.15) is 110 Å². The summed E-state index contributed by atoms with van der Waals surface area (Å²) >= 11 is 0. The molecule has 38 heavy (non-hydrogen) atoms. The molecule has 1 N–H and O–H groups in total. The maximum absolute atomic E-state index is 10.3. The highest BCUT2D eigenvalue weighted by molar-refractivity contribution is 7.80. The molecule has 0 saturated heterocycles. The van der Waals surface area contributed by atoms with Gasteiger partial charge in [-0.2, -0.15) is 8.42 Å². The Kier molecular flexibility index (Phi) is 30.9. The molecular formula is C28H58O9S. The summed E-state index contributed by atoms with van der Waals surface area (Å²) in [5.74, 6) is 0. The first-order valence-electron chi connectivity index (χ1n) is 15.1. The Morgan fingerprint density at radius 3 is 0.974 bits per heavy atom. The molecule has 0 aromatic rings. The Morgan fingerprint density at radius 2 is 0.658 bits per heavy atom. The molecule has 0 amide bonds. The van der Waals surface area contributed by atoms with Crippen LogP contribution in [-0.2, 0) is 38.3 Å². The lowest BCUT2D eigenvalue weighted by molar-refractivity contribution is -0.0129. The Labute approximate surface area is 233 Å². The molecule has 0 aromatic heterocycles. The van der Waals surface area contributed by atoms with Gasteiger partial charge in [0.15, 0.2) is 0 Å². The molecule has 0 bridgehead atoms. The maximum Gasteiger partial charge on any atom is 0.397 e. The fraction of sp³-hybridized carbons (Fsp3) is 1.00. The number of unbranched alkanes of at least 4 members (excludes halogenated alkanes) is 15. The van der Waals surface area contributed by atoms with Gasteiger partial charge in [-0.1, -0.05) is 103 Å². The van der Waals surface area contributed by atoms with Gasteiger partial charge < -0.3 is 23.7 Å². The van der Waals surface area contributed by atoms with Crippen LogP contribution in [0.15, 0.2) is 0 Å². The van der Waals surface area contributed by atoms with Crippen LogP contribution in [0.25, 0.3) is 0 Å². The van der Waals surface area contributed by atoms with E-state index < -0.39 is 10.4 Å². The highest BCUT2D eigenvalue weighted by Gasteiger charge is 2.02. The minimum Gasteiger partial charge on any atom is -0.379 e. The molecule has 0 aliphatic rings. The quantitative estimate of drug-likeness (QED) is 0.0733.